The summed E-state index contributed by atoms with van der Waals surface area (Å²) in [5, 5.41) is 2.82. The fourth-order valence-electron chi connectivity index (χ4n) is 3.71. The predicted molar refractivity (Wildman–Crippen MR) is 124 cm³/mol. The van der Waals surface area contributed by atoms with Crippen molar-refractivity contribution in [2.45, 2.75) is 39.7 Å². The summed E-state index contributed by atoms with van der Waals surface area (Å²) in [6, 6.07) is 10.7. The average Bonchev–Trinajstić information content (AvgIpc) is 3.17. The van der Waals surface area contributed by atoms with Gasteiger partial charge in [0.15, 0.2) is 18.1 Å². The molecule has 0 saturated heterocycles. The molecule has 1 aliphatic rings. The van der Waals surface area contributed by atoms with E-state index in [0.717, 1.165) is 11.1 Å². The second-order valence-electron chi connectivity index (χ2n) is 8.05. The van der Waals surface area contributed by atoms with Gasteiger partial charge in [0.05, 0.1) is 19.2 Å². The molecule has 33 heavy (non-hydrogen) atoms. The Morgan fingerprint density at radius 3 is 2.67 bits per heavy atom. The van der Waals surface area contributed by atoms with Gasteiger partial charge >= 0.3 is 5.97 Å². The van der Waals surface area contributed by atoms with Gasteiger partial charge in [-0.25, -0.2) is 4.79 Å². The zero-order valence-corrected chi connectivity index (χ0v) is 19.5. The summed E-state index contributed by atoms with van der Waals surface area (Å²) in [6.07, 6.45) is 1.32. The maximum Gasteiger partial charge on any atom is 0.338 e. The molecule has 0 saturated carbocycles. The molecule has 2 aromatic carbocycles. The summed E-state index contributed by atoms with van der Waals surface area (Å²) in [5.41, 5.74) is 2.77. The normalized spacial score (nSPS) is 14.1. The number of aryl methyl sites for hydroxylation is 1. The van der Waals surface area contributed by atoms with E-state index in [0.29, 0.717) is 36.6 Å². The number of esters is 1. The number of anilines is 1. The van der Waals surface area contributed by atoms with E-state index >= 15 is 0 Å². The highest BCUT2D eigenvalue weighted by Gasteiger charge is 2.26. The number of methoxy groups -OCH3 is 1. The summed E-state index contributed by atoms with van der Waals surface area (Å²) in [7, 11) is 1.51. The molecule has 0 fully saturated rings. The Hall–Kier alpha value is -3.55. The highest BCUT2D eigenvalue weighted by Crippen LogP contribution is 2.39. The van der Waals surface area contributed by atoms with Gasteiger partial charge in [0, 0.05) is 24.2 Å². The second-order valence-corrected chi connectivity index (χ2v) is 8.05. The predicted octanol–water partition coefficient (Wildman–Crippen LogP) is 3.36. The number of ether oxygens (including phenoxy) is 3. The number of amides is 2. The van der Waals surface area contributed by atoms with Crippen LogP contribution in [0.3, 0.4) is 0 Å². The minimum absolute atomic E-state index is 0.00447. The monoisotopic (exact) mass is 454 g/mol. The molecule has 0 radical (unpaired) electrons. The molecule has 1 aliphatic heterocycles. The van der Waals surface area contributed by atoms with Crippen molar-refractivity contribution in [2.24, 2.45) is 0 Å². The van der Waals surface area contributed by atoms with E-state index in [2.05, 4.69) is 5.32 Å². The van der Waals surface area contributed by atoms with Crippen molar-refractivity contribution in [1.29, 1.82) is 0 Å². The minimum atomic E-state index is -0.634. The first kappa shape index (κ1) is 24.1. The van der Waals surface area contributed by atoms with Crippen LogP contribution in [0.1, 0.15) is 41.8 Å². The third kappa shape index (κ3) is 6.03. The van der Waals surface area contributed by atoms with Crippen molar-refractivity contribution < 1.29 is 28.6 Å². The number of nitrogens with one attached hydrogen (secondary N) is 1. The van der Waals surface area contributed by atoms with Crippen LogP contribution in [0.4, 0.5) is 5.69 Å². The van der Waals surface area contributed by atoms with Crippen molar-refractivity contribution in [3.63, 3.8) is 0 Å². The van der Waals surface area contributed by atoms with Gasteiger partial charge in [-0.1, -0.05) is 25.1 Å². The highest BCUT2D eigenvalue weighted by atomic mass is 16.5. The van der Waals surface area contributed by atoms with Gasteiger partial charge < -0.3 is 24.4 Å². The zero-order chi connectivity index (χ0) is 24.0. The molecule has 0 spiro atoms. The van der Waals surface area contributed by atoms with Crippen molar-refractivity contribution in [2.75, 3.05) is 32.1 Å². The molecule has 8 heteroatoms. The molecule has 1 N–H and O–H groups in total. The van der Waals surface area contributed by atoms with Crippen LogP contribution in [0, 0.1) is 6.92 Å². The number of rotatable bonds is 9. The van der Waals surface area contributed by atoms with Crippen LogP contribution in [0.2, 0.25) is 0 Å². The summed E-state index contributed by atoms with van der Waals surface area (Å²) >= 11 is 0. The quantitative estimate of drug-likeness (QED) is 0.584. The van der Waals surface area contributed by atoms with Crippen LogP contribution in [-0.2, 0) is 20.7 Å². The maximum absolute atomic E-state index is 12.7. The molecule has 0 unspecified atom stereocenters. The fraction of sp³-hybridized carbons (Fsp3) is 0.400. The first-order valence-corrected chi connectivity index (χ1v) is 11.0. The lowest BCUT2D eigenvalue weighted by molar-refractivity contribution is -0.137. The molecule has 1 heterocycles. The van der Waals surface area contributed by atoms with E-state index in [1.165, 1.54) is 12.0 Å². The van der Waals surface area contributed by atoms with Gasteiger partial charge in [-0.3, -0.25) is 9.59 Å². The number of hydrogen-bond donors (Lipinski definition) is 1. The van der Waals surface area contributed by atoms with Crippen LogP contribution in [-0.4, -0.2) is 55.6 Å². The largest absolute Gasteiger partial charge is 0.493 e. The SMILES string of the molecule is CCCN(CC(=O)Nc1ccccc1C)C(=O)COC(=O)c1cc2c(c(OC)c1)O[C@@H](C)C2. The van der Waals surface area contributed by atoms with Gasteiger partial charge in [0.1, 0.15) is 6.10 Å². The van der Waals surface area contributed by atoms with E-state index in [1.54, 1.807) is 18.2 Å². The van der Waals surface area contributed by atoms with E-state index in [1.807, 2.05) is 39.0 Å². The molecular weight excluding hydrogens is 424 g/mol. The van der Waals surface area contributed by atoms with Gasteiger partial charge in [-0.05, 0) is 44.0 Å². The third-order valence-corrected chi connectivity index (χ3v) is 5.34. The van der Waals surface area contributed by atoms with Gasteiger partial charge in [-0.2, -0.15) is 0 Å². The minimum Gasteiger partial charge on any atom is -0.493 e. The summed E-state index contributed by atoms with van der Waals surface area (Å²) < 4.78 is 16.3. The average molecular weight is 455 g/mol. The summed E-state index contributed by atoms with van der Waals surface area (Å²) in [5.74, 6) is -0.294. The topological polar surface area (TPSA) is 94.2 Å². The number of carbonyl (C=O) groups is 3. The van der Waals surface area contributed by atoms with Crippen LogP contribution in [0.15, 0.2) is 36.4 Å². The van der Waals surface area contributed by atoms with Crippen LogP contribution >= 0.6 is 0 Å². The van der Waals surface area contributed by atoms with Gasteiger partial charge in [0.2, 0.25) is 5.91 Å². The first-order chi connectivity index (χ1) is 15.8. The van der Waals surface area contributed by atoms with Crippen LogP contribution in [0.25, 0.3) is 0 Å². The van der Waals surface area contributed by atoms with Crippen LogP contribution in [0.5, 0.6) is 11.5 Å². The second kappa shape index (κ2) is 10.8. The van der Waals surface area contributed by atoms with Crippen molar-refractivity contribution in [3.8, 4) is 11.5 Å². The molecule has 0 aliphatic carbocycles. The Kier molecular flexibility index (Phi) is 7.92. The molecule has 2 aromatic rings. The van der Waals surface area contributed by atoms with E-state index in [4.69, 9.17) is 14.2 Å². The zero-order valence-electron chi connectivity index (χ0n) is 19.5. The molecule has 1 atom stereocenters. The lowest BCUT2D eigenvalue weighted by atomic mass is 10.1. The van der Waals surface area contributed by atoms with Gasteiger partial charge in [-0.15, -0.1) is 0 Å². The molecule has 0 aromatic heterocycles. The Bertz CT molecular complexity index is 1040. The maximum atomic E-state index is 12.7. The standard InChI is InChI=1S/C25H30N2O6/c1-5-10-27(14-22(28)26-20-9-7-6-8-16(20)2)23(29)15-32-25(30)19-12-18-11-17(3)33-24(18)21(13-19)31-4/h6-9,12-13,17H,5,10-11,14-15H2,1-4H3,(H,26,28)/t17-/m0/s1. The Morgan fingerprint density at radius 1 is 1.21 bits per heavy atom. The highest BCUT2D eigenvalue weighted by molar-refractivity contribution is 5.96. The number of fused-ring (bicyclic) bond motifs is 1. The Balaban J connectivity index is 1.60. The lowest BCUT2D eigenvalue weighted by Crippen LogP contribution is -2.40. The molecule has 3 rings (SSSR count). The van der Waals surface area contributed by atoms with Gasteiger partial charge in [0.25, 0.3) is 5.91 Å². The Labute approximate surface area is 193 Å². The number of benzene rings is 2. The summed E-state index contributed by atoms with van der Waals surface area (Å²) in [6.45, 7) is 5.53. The van der Waals surface area contributed by atoms with E-state index < -0.39 is 18.5 Å². The third-order valence-electron chi connectivity index (χ3n) is 5.34. The smallest absolute Gasteiger partial charge is 0.338 e. The van der Waals surface area contributed by atoms with Crippen molar-refractivity contribution in [1.82, 2.24) is 4.90 Å². The first-order valence-electron chi connectivity index (χ1n) is 11.0. The summed E-state index contributed by atoms with van der Waals surface area (Å²) in [4.78, 5) is 39.2. The Morgan fingerprint density at radius 2 is 1.97 bits per heavy atom. The lowest BCUT2D eigenvalue weighted by Gasteiger charge is -2.21. The molecule has 8 nitrogen and oxygen atoms in total. The van der Waals surface area contributed by atoms with E-state index in [-0.39, 0.29) is 24.1 Å². The van der Waals surface area contributed by atoms with Crippen molar-refractivity contribution in [3.05, 3.63) is 53.1 Å². The van der Waals surface area contributed by atoms with E-state index in [9.17, 15) is 14.4 Å². The molecule has 0 bridgehead atoms. The number of hydrogen-bond acceptors (Lipinski definition) is 6. The number of para-hydroxylation sites is 1. The number of nitrogens with zero attached hydrogens (tertiary/aromatic N) is 1. The molecule has 2 amide bonds. The van der Waals surface area contributed by atoms with Crippen molar-refractivity contribution >= 4 is 23.5 Å². The number of carbonyl (C=O) groups excluding carboxylic acids is 3. The molecule has 176 valence electrons. The molecular formula is C25H30N2O6. The fourth-order valence-corrected chi connectivity index (χ4v) is 3.71. The van der Waals surface area contributed by atoms with Crippen LogP contribution < -0.4 is 14.8 Å².